The molecule has 0 bridgehead atoms. The Morgan fingerprint density at radius 1 is 1.19 bits per heavy atom. The zero-order valence-electron chi connectivity index (χ0n) is 18.7. The van der Waals surface area contributed by atoms with Crippen LogP contribution in [0.2, 0.25) is 0 Å². The quantitative estimate of drug-likeness (QED) is 0.825. The maximum atomic E-state index is 12.3. The molecule has 1 fully saturated rings. The van der Waals surface area contributed by atoms with Gasteiger partial charge >= 0.3 is 0 Å². The van der Waals surface area contributed by atoms with E-state index in [2.05, 4.69) is 52.5 Å². The SMILES string of the molecule is CN1CCN(c2cccc3c2C[C@H](CN(C)[C@H]2CCCc4cccnc42)NC3)CC1=O. The van der Waals surface area contributed by atoms with Gasteiger partial charge in [0.15, 0.2) is 0 Å². The number of carbonyl (C=O) groups is 1. The molecule has 0 unspecified atom stereocenters. The summed E-state index contributed by atoms with van der Waals surface area (Å²) in [6.45, 7) is 4.07. The molecule has 1 amide bonds. The molecule has 3 heterocycles. The minimum atomic E-state index is 0.206. The number of nitrogens with zero attached hydrogens (tertiary/aromatic N) is 4. The molecule has 5 rings (SSSR count). The molecule has 1 aliphatic carbocycles. The van der Waals surface area contributed by atoms with Crippen LogP contribution in [0.15, 0.2) is 36.5 Å². The minimum absolute atomic E-state index is 0.206. The van der Waals surface area contributed by atoms with Crippen molar-refractivity contribution in [1.82, 2.24) is 20.1 Å². The lowest BCUT2D eigenvalue weighted by Crippen LogP contribution is -2.50. The lowest BCUT2D eigenvalue weighted by Gasteiger charge is -2.39. The number of fused-ring (bicyclic) bond motifs is 2. The number of piperazine rings is 1. The molecule has 0 spiro atoms. The molecule has 2 aromatic rings. The van der Waals surface area contributed by atoms with Crippen LogP contribution in [-0.2, 0) is 24.2 Å². The first-order chi connectivity index (χ1) is 15.1. The topological polar surface area (TPSA) is 51.7 Å². The van der Waals surface area contributed by atoms with Crippen LogP contribution in [0.1, 0.15) is 41.3 Å². The molecular weight excluding hydrogens is 386 g/mol. The predicted molar refractivity (Wildman–Crippen MR) is 123 cm³/mol. The fraction of sp³-hybridized carbons (Fsp3) is 0.520. The number of hydrogen-bond donors (Lipinski definition) is 1. The Hall–Kier alpha value is -2.44. The third-order valence-electron chi connectivity index (χ3n) is 7.28. The Balaban J connectivity index is 1.32. The molecule has 1 aromatic heterocycles. The van der Waals surface area contributed by atoms with Gasteiger partial charge in [-0.2, -0.15) is 0 Å². The van der Waals surface area contributed by atoms with Crippen molar-refractivity contribution >= 4 is 11.6 Å². The number of aryl methyl sites for hydroxylation is 1. The largest absolute Gasteiger partial charge is 0.360 e. The molecule has 0 saturated carbocycles. The summed E-state index contributed by atoms with van der Waals surface area (Å²) in [4.78, 5) is 23.6. The summed E-state index contributed by atoms with van der Waals surface area (Å²) in [5, 5.41) is 3.76. The van der Waals surface area contributed by atoms with Gasteiger partial charge in [0.05, 0.1) is 18.3 Å². The highest BCUT2D eigenvalue weighted by Gasteiger charge is 2.30. The van der Waals surface area contributed by atoms with Crippen molar-refractivity contribution in [3.8, 4) is 0 Å². The summed E-state index contributed by atoms with van der Waals surface area (Å²) < 4.78 is 0. The summed E-state index contributed by atoms with van der Waals surface area (Å²) in [6, 6.07) is 11.7. The van der Waals surface area contributed by atoms with Gasteiger partial charge in [-0.15, -0.1) is 0 Å². The van der Waals surface area contributed by atoms with E-state index in [0.717, 1.165) is 39.0 Å². The molecular formula is C25H33N5O. The van der Waals surface area contributed by atoms with Crippen molar-refractivity contribution in [3.63, 3.8) is 0 Å². The third-order valence-corrected chi connectivity index (χ3v) is 7.28. The van der Waals surface area contributed by atoms with Gasteiger partial charge in [-0.25, -0.2) is 0 Å². The Labute approximate surface area is 185 Å². The number of carbonyl (C=O) groups excluding carboxylic acids is 1. The molecule has 6 nitrogen and oxygen atoms in total. The van der Waals surface area contributed by atoms with Crippen molar-refractivity contribution < 1.29 is 4.79 Å². The average molecular weight is 420 g/mol. The fourth-order valence-corrected chi connectivity index (χ4v) is 5.47. The van der Waals surface area contributed by atoms with Crippen LogP contribution in [0.4, 0.5) is 5.69 Å². The van der Waals surface area contributed by atoms with Crippen LogP contribution in [0.5, 0.6) is 0 Å². The van der Waals surface area contributed by atoms with Gasteiger partial charge in [0, 0.05) is 51.2 Å². The van der Waals surface area contributed by atoms with Gasteiger partial charge in [-0.3, -0.25) is 14.7 Å². The number of likely N-dealkylation sites (N-methyl/N-ethyl adjacent to an activating group) is 2. The highest BCUT2D eigenvalue weighted by molar-refractivity contribution is 5.83. The van der Waals surface area contributed by atoms with Gasteiger partial charge in [0.2, 0.25) is 5.91 Å². The zero-order chi connectivity index (χ0) is 21.4. The third kappa shape index (κ3) is 4.06. The minimum Gasteiger partial charge on any atom is -0.360 e. The van der Waals surface area contributed by atoms with Gasteiger partial charge in [-0.05, 0) is 61.6 Å². The summed E-state index contributed by atoms with van der Waals surface area (Å²) in [5.74, 6) is 0.206. The van der Waals surface area contributed by atoms with E-state index < -0.39 is 0 Å². The maximum absolute atomic E-state index is 12.3. The van der Waals surface area contributed by atoms with Crippen molar-refractivity contribution in [2.24, 2.45) is 0 Å². The first-order valence-corrected chi connectivity index (χ1v) is 11.6. The second-order valence-electron chi connectivity index (χ2n) is 9.33. The highest BCUT2D eigenvalue weighted by Crippen LogP contribution is 2.33. The number of rotatable bonds is 4. The molecule has 1 N–H and O–H groups in total. The molecule has 164 valence electrons. The normalized spacial score (nSPS) is 23.6. The van der Waals surface area contributed by atoms with Crippen molar-refractivity contribution in [2.45, 2.75) is 44.3 Å². The number of nitrogens with one attached hydrogen (secondary N) is 1. The summed E-state index contributed by atoms with van der Waals surface area (Å²) >= 11 is 0. The number of aromatic nitrogens is 1. The van der Waals surface area contributed by atoms with E-state index >= 15 is 0 Å². The first kappa shape index (κ1) is 20.5. The van der Waals surface area contributed by atoms with Crippen LogP contribution in [-0.4, -0.2) is 67.0 Å². The van der Waals surface area contributed by atoms with Crippen LogP contribution in [0.25, 0.3) is 0 Å². The Morgan fingerprint density at radius 2 is 2.06 bits per heavy atom. The monoisotopic (exact) mass is 419 g/mol. The van der Waals surface area contributed by atoms with Crippen molar-refractivity contribution in [3.05, 3.63) is 58.9 Å². The number of anilines is 1. The molecule has 0 radical (unpaired) electrons. The summed E-state index contributed by atoms with van der Waals surface area (Å²) in [7, 11) is 4.14. The number of hydrogen-bond acceptors (Lipinski definition) is 5. The van der Waals surface area contributed by atoms with Crippen LogP contribution < -0.4 is 10.2 Å². The lowest BCUT2D eigenvalue weighted by molar-refractivity contribution is -0.129. The van der Waals surface area contributed by atoms with Crippen molar-refractivity contribution in [1.29, 1.82) is 0 Å². The molecule has 2 aliphatic heterocycles. The Morgan fingerprint density at radius 3 is 2.94 bits per heavy atom. The fourth-order valence-electron chi connectivity index (χ4n) is 5.47. The second-order valence-corrected chi connectivity index (χ2v) is 9.33. The molecule has 3 aliphatic rings. The lowest BCUT2D eigenvalue weighted by atomic mass is 9.89. The molecule has 1 aromatic carbocycles. The molecule has 6 heteroatoms. The van der Waals surface area contributed by atoms with Gasteiger partial charge in [-0.1, -0.05) is 18.2 Å². The van der Waals surface area contributed by atoms with E-state index in [-0.39, 0.29) is 5.91 Å². The zero-order valence-corrected chi connectivity index (χ0v) is 18.7. The Kier molecular flexibility index (Phi) is 5.67. The second kappa shape index (κ2) is 8.60. The van der Waals surface area contributed by atoms with Gasteiger partial charge in [0.25, 0.3) is 0 Å². The van der Waals surface area contributed by atoms with E-state index in [4.69, 9.17) is 4.98 Å². The van der Waals surface area contributed by atoms with E-state index in [1.54, 1.807) is 0 Å². The molecule has 31 heavy (non-hydrogen) atoms. The standard InChI is InChI=1S/C25H33N5O/c1-28-12-13-30(17-24(28)31)22-9-4-7-19-15-27-20(14-21(19)22)16-29(2)23-10-3-6-18-8-5-11-26-25(18)23/h4-5,7-9,11,20,23,27H,3,6,10,12-17H2,1-2H3/t20-,23+/m1/s1. The van der Waals surface area contributed by atoms with Gasteiger partial charge in [0.1, 0.15) is 0 Å². The van der Waals surface area contributed by atoms with E-state index in [9.17, 15) is 4.79 Å². The number of benzene rings is 1. The van der Waals surface area contributed by atoms with E-state index in [1.165, 1.54) is 40.9 Å². The van der Waals surface area contributed by atoms with Crippen LogP contribution >= 0.6 is 0 Å². The highest BCUT2D eigenvalue weighted by atomic mass is 16.2. The van der Waals surface area contributed by atoms with Crippen molar-refractivity contribution in [2.75, 3.05) is 45.2 Å². The molecule has 2 atom stereocenters. The first-order valence-electron chi connectivity index (χ1n) is 11.6. The van der Waals surface area contributed by atoms with Gasteiger partial charge < -0.3 is 15.1 Å². The maximum Gasteiger partial charge on any atom is 0.241 e. The van der Waals surface area contributed by atoms with E-state index in [0.29, 0.717) is 18.6 Å². The summed E-state index contributed by atoms with van der Waals surface area (Å²) in [5.41, 5.74) is 6.71. The smallest absolute Gasteiger partial charge is 0.241 e. The number of amides is 1. The molecule has 1 saturated heterocycles. The summed E-state index contributed by atoms with van der Waals surface area (Å²) in [6.07, 6.45) is 6.49. The average Bonchev–Trinajstić information content (AvgIpc) is 2.80. The predicted octanol–water partition coefficient (Wildman–Crippen LogP) is 2.38. The Bertz CT molecular complexity index is 961. The van der Waals surface area contributed by atoms with Crippen LogP contribution in [0, 0.1) is 0 Å². The van der Waals surface area contributed by atoms with E-state index in [1.807, 2.05) is 18.1 Å². The number of pyridine rings is 1. The van der Waals surface area contributed by atoms with Crippen LogP contribution in [0.3, 0.4) is 0 Å².